The summed E-state index contributed by atoms with van der Waals surface area (Å²) in [5, 5.41) is 0. The maximum Gasteiger partial charge on any atom is 0.392 e. The lowest BCUT2D eigenvalue weighted by Crippen LogP contribution is -2.28. The van der Waals surface area contributed by atoms with E-state index in [1.807, 2.05) is 0 Å². The third-order valence-corrected chi connectivity index (χ3v) is 3.80. The normalized spacial score (nSPS) is 21.7. The number of aryl methyl sites for hydroxylation is 1. The molecule has 2 nitrogen and oxygen atoms in total. The van der Waals surface area contributed by atoms with Gasteiger partial charge in [0.2, 0.25) is 0 Å². The molecular formula is C13H19F3N2. The lowest BCUT2D eigenvalue weighted by atomic mass is 9.89. The van der Waals surface area contributed by atoms with Crippen molar-refractivity contribution < 1.29 is 13.2 Å². The molecule has 18 heavy (non-hydrogen) atoms. The largest absolute Gasteiger partial charge is 0.392 e. The summed E-state index contributed by atoms with van der Waals surface area (Å²) in [7, 11) is 0. The monoisotopic (exact) mass is 260 g/mol. The number of nitrogens with zero attached hydrogens (tertiary/aromatic N) is 1. The molecule has 0 aromatic carbocycles. The molecule has 1 aromatic heterocycles. The summed E-state index contributed by atoms with van der Waals surface area (Å²) in [4.78, 5) is 7.52. The van der Waals surface area contributed by atoms with E-state index in [1.54, 1.807) is 0 Å². The van der Waals surface area contributed by atoms with Gasteiger partial charge in [-0.15, -0.1) is 0 Å². The Bertz CT molecular complexity index is 409. The van der Waals surface area contributed by atoms with Crippen LogP contribution < -0.4 is 0 Å². The smallest absolute Gasteiger partial charge is 0.346 e. The number of H-pyrrole nitrogens is 1. The van der Waals surface area contributed by atoms with E-state index in [9.17, 15) is 13.2 Å². The second kappa shape index (κ2) is 4.94. The zero-order valence-electron chi connectivity index (χ0n) is 10.8. The summed E-state index contributed by atoms with van der Waals surface area (Å²) in [6.45, 7) is 4.23. The molecule has 5 heteroatoms. The third-order valence-electron chi connectivity index (χ3n) is 3.80. The van der Waals surface area contributed by atoms with E-state index in [0.717, 1.165) is 24.4 Å². The number of halogens is 3. The summed E-state index contributed by atoms with van der Waals surface area (Å²) in [5.41, 5.74) is 1.54. The molecule has 0 spiro atoms. The van der Waals surface area contributed by atoms with Gasteiger partial charge in [-0.2, -0.15) is 13.2 Å². The number of hydrogen-bond acceptors (Lipinski definition) is 1. The van der Waals surface area contributed by atoms with Crippen LogP contribution in [0.3, 0.4) is 0 Å². The minimum atomic E-state index is -4.08. The van der Waals surface area contributed by atoms with Gasteiger partial charge in [0.15, 0.2) is 0 Å². The minimum absolute atomic E-state index is 0.0618. The van der Waals surface area contributed by atoms with Gasteiger partial charge in [0.1, 0.15) is 5.82 Å². The highest BCUT2D eigenvalue weighted by molar-refractivity contribution is 5.19. The van der Waals surface area contributed by atoms with Gasteiger partial charge in [-0.25, -0.2) is 4.98 Å². The van der Waals surface area contributed by atoms with Crippen LogP contribution in [0.4, 0.5) is 13.2 Å². The molecule has 1 aromatic rings. The Kier molecular flexibility index (Phi) is 3.69. The molecule has 1 aliphatic rings. The number of hydrogen-bond donors (Lipinski definition) is 1. The van der Waals surface area contributed by atoms with E-state index in [0.29, 0.717) is 18.0 Å². The van der Waals surface area contributed by atoms with E-state index in [1.165, 1.54) is 0 Å². The van der Waals surface area contributed by atoms with E-state index in [2.05, 4.69) is 23.8 Å². The van der Waals surface area contributed by atoms with Gasteiger partial charge in [0.25, 0.3) is 0 Å². The average Bonchev–Trinajstić information content (AvgIpc) is 2.68. The fraction of sp³-hybridized carbons (Fsp3) is 0.769. The van der Waals surface area contributed by atoms with Crippen LogP contribution in [0.15, 0.2) is 0 Å². The van der Waals surface area contributed by atoms with Crippen molar-refractivity contribution in [1.82, 2.24) is 9.97 Å². The van der Waals surface area contributed by atoms with Crippen molar-refractivity contribution in [2.75, 3.05) is 0 Å². The first-order valence-electron chi connectivity index (χ1n) is 6.53. The Morgan fingerprint density at radius 1 is 1.44 bits per heavy atom. The third kappa shape index (κ3) is 2.87. The highest BCUT2D eigenvalue weighted by atomic mass is 19.4. The lowest BCUT2D eigenvalue weighted by Gasteiger charge is -2.23. The van der Waals surface area contributed by atoms with Gasteiger partial charge in [-0.05, 0) is 18.8 Å². The highest BCUT2D eigenvalue weighted by Crippen LogP contribution is 2.36. The van der Waals surface area contributed by atoms with Crippen LogP contribution >= 0.6 is 0 Å². The van der Waals surface area contributed by atoms with Gasteiger partial charge in [0, 0.05) is 18.5 Å². The Hall–Kier alpha value is -1.00. The number of aromatic nitrogens is 2. The highest BCUT2D eigenvalue weighted by Gasteiger charge is 2.41. The number of fused-ring (bicyclic) bond motifs is 1. The molecule has 0 radical (unpaired) electrons. The first kappa shape index (κ1) is 13.4. The van der Waals surface area contributed by atoms with Gasteiger partial charge in [0.05, 0.1) is 11.6 Å². The van der Waals surface area contributed by atoms with Crippen LogP contribution in [0.5, 0.6) is 0 Å². The van der Waals surface area contributed by atoms with Crippen LogP contribution in [0.2, 0.25) is 0 Å². The van der Waals surface area contributed by atoms with Gasteiger partial charge < -0.3 is 4.98 Å². The quantitative estimate of drug-likeness (QED) is 0.882. The summed E-state index contributed by atoms with van der Waals surface area (Å²) >= 11 is 0. The van der Waals surface area contributed by atoms with Crippen LogP contribution in [-0.2, 0) is 19.3 Å². The van der Waals surface area contributed by atoms with Gasteiger partial charge in [-0.1, -0.05) is 20.3 Å². The maximum absolute atomic E-state index is 12.7. The molecule has 2 atom stereocenters. The first-order chi connectivity index (χ1) is 8.40. The first-order valence-corrected chi connectivity index (χ1v) is 6.53. The van der Waals surface area contributed by atoms with Crippen molar-refractivity contribution in [2.24, 2.45) is 11.8 Å². The van der Waals surface area contributed by atoms with Crippen molar-refractivity contribution in [3.05, 3.63) is 17.2 Å². The number of aromatic amines is 1. The molecular weight excluding hydrogens is 241 g/mol. The predicted octanol–water partition coefficient (Wildman–Crippen LogP) is 3.67. The Morgan fingerprint density at radius 3 is 2.78 bits per heavy atom. The zero-order chi connectivity index (χ0) is 13.3. The summed E-state index contributed by atoms with van der Waals surface area (Å²) in [6.07, 6.45) is -1.54. The molecule has 2 rings (SSSR count). The Balaban J connectivity index is 2.09. The molecule has 1 heterocycles. The van der Waals surface area contributed by atoms with Crippen molar-refractivity contribution in [2.45, 2.75) is 52.1 Å². The second-order valence-electron chi connectivity index (χ2n) is 5.31. The lowest BCUT2D eigenvalue weighted by molar-refractivity contribution is -0.177. The van der Waals surface area contributed by atoms with Crippen LogP contribution in [-0.4, -0.2) is 16.1 Å². The molecule has 2 unspecified atom stereocenters. The summed E-state index contributed by atoms with van der Waals surface area (Å²) in [5.74, 6) is 0.148. The van der Waals surface area contributed by atoms with E-state index in [4.69, 9.17) is 0 Å². The van der Waals surface area contributed by atoms with Crippen LogP contribution in [0.1, 0.15) is 43.9 Å². The standard InChI is InChI=1S/C13H19F3N2/c1-3-8(2)6-12-17-10-5-4-9(13(14,15)16)7-11(10)18-12/h8-9H,3-7H2,1-2H3,(H,17,18). The molecule has 0 amide bonds. The molecule has 0 bridgehead atoms. The topological polar surface area (TPSA) is 28.7 Å². The molecule has 0 aliphatic heterocycles. The molecule has 1 N–H and O–H groups in total. The van der Waals surface area contributed by atoms with Crippen molar-refractivity contribution >= 4 is 0 Å². The summed E-state index contributed by atoms with van der Waals surface area (Å²) in [6, 6.07) is 0. The fourth-order valence-electron chi connectivity index (χ4n) is 2.39. The van der Waals surface area contributed by atoms with Crippen molar-refractivity contribution in [1.29, 1.82) is 0 Å². The molecule has 0 fully saturated rings. The van der Waals surface area contributed by atoms with Crippen molar-refractivity contribution in [3.8, 4) is 0 Å². The Morgan fingerprint density at radius 2 is 2.17 bits per heavy atom. The fourth-order valence-corrected chi connectivity index (χ4v) is 2.39. The summed E-state index contributed by atoms with van der Waals surface area (Å²) < 4.78 is 38.0. The predicted molar refractivity (Wildman–Crippen MR) is 63.3 cm³/mol. The maximum atomic E-state index is 12.7. The average molecular weight is 260 g/mol. The van der Waals surface area contributed by atoms with E-state index in [-0.39, 0.29) is 12.8 Å². The molecule has 0 saturated carbocycles. The molecule has 0 saturated heterocycles. The van der Waals surface area contributed by atoms with Gasteiger partial charge in [-0.3, -0.25) is 0 Å². The molecule has 102 valence electrons. The van der Waals surface area contributed by atoms with Crippen molar-refractivity contribution in [3.63, 3.8) is 0 Å². The zero-order valence-corrected chi connectivity index (χ0v) is 10.8. The number of imidazole rings is 1. The number of nitrogens with one attached hydrogen (secondary N) is 1. The van der Waals surface area contributed by atoms with E-state index >= 15 is 0 Å². The Labute approximate surface area is 105 Å². The number of rotatable bonds is 3. The van der Waals surface area contributed by atoms with Crippen LogP contribution in [0.25, 0.3) is 0 Å². The SMILES string of the molecule is CCC(C)Cc1nc2c([nH]1)CC(C(F)(F)F)CC2. The van der Waals surface area contributed by atoms with E-state index < -0.39 is 12.1 Å². The second-order valence-corrected chi connectivity index (χ2v) is 5.31. The van der Waals surface area contributed by atoms with Crippen LogP contribution in [0, 0.1) is 11.8 Å². The molecule has 1 aliphatic carbocycles. The minimum Gasteiger partial charge on any atom is -0.346 e. The number of alkyl halides is 3. The van der Waals surface area contributed by atoms with Gasteiger partial charge >= 0.3 is 6.18 Å².